The number of hydrogen-bond acceptors (Lipinski definition) is 21. The van der Waals surface area contributed by atoms with Gasteiger partial charge in [0.25, 0.3) is 5.91 Å². The van der Waals surface area contributed by atoms with Crippen LogP contribution < -0.4 is 62.8 Å². The molecule has 25 nitrogen and oxygen atoms in total. The van der Waals surface area contributed by atoms with Crippen LogP contribution in [0.2, 0.25) is 0 Å². The van der Waals surface area contributed by atoms with E-state index in [0.29, 0.717) is 58.6 Å². The molecule has 25 heteroatoms. The molecule has 0 radical (unpaired) electrons. The van der Waals surface area contributed by atoms with Gasteiger partial charge in [0.1, 0.15) is 42.6 Å². The average Bonchev–Trinajstić information content (AvgIpc) is 1.43. The van der Waals surface area contributed by atoms with Crippen LogP contribution in [-0.2, 0) is 19.9 Å². The molecule has 11 unspecified atom stereocenters. The van der Waals surface area contributed by atoms with Crippen molar-refractivity contribution in [2.75, 3.05) is 58.1 Å². The quantitative estimate of drug-likeness (QED) is 0.00768. The number of allylic oxidation sites excluding steroid dienone is 1. The molecule has 6 rings (SSSR count). The summed E-state index contributed by atoms with van der Waals surface area (Å²) in [5.74, 6) is -1.71. The van der Waals surface area contributed by atoms with E-state index in [0.717, 1.165) is 16.9 Å². The number of nitrogens with two attached hydrogens (primary N) is 1. The van der Waals surface area contributed by atoms with Gasteiger partial charge in [-0.05, 0) is 114 Å². The van der Waals surface area contributed by atoms with E-state index in [1.165, 1.54) is 6.92 Å². The van der Waals surface area contributed by atoms with Crippen LogP contribution in [0, 0.1) is 5.41 Å². The van der Waals surface area contributed by atoms with Gasteiger partial charge < -0.3 is 76.7 Å². The first-order valence-corrected chi connectivity index (χ1v) is 29.6. The van der Waals surface area contributed by atoms with Crippen molar-refractivity contribution < 1.29 is 64.4 Å². The summed E-state index contributed by atoms with van der Waals surface area (Å²) in [6.07, 6.45) is -0.679. The lowest BCUT2D eigenvalue weighted by molar-refractivity contribution is -0.137. The highest BCUT2D eigenvalue weighted by Gasteiger charge is 2.54. The highest BCUT2D eigenvalue weighted by atomic mass is 16.6. The Morgan fingerprint density at radius 2 is 1.30 bits per heavy atom. The van der Waals surface area contributed by atoms with E-state index in [9.17, 15) is 54.9 Å². The number of ketones is 1. The number of benzene rings is 4. The number of esters is 1. The number of rotatable bonds is 36. The minimum absolute atomic E-state index is 0.146. The predicted molar refractivity (Wildman–Crippen MR) is 336 cm³/mol. The van der Waals surface area contributed by atoms with Crippen molar-refractivity contribution in [3.8, 4) is 11.5 Å². The van der Waals surface area contributed by atoms with Crippen LogP contribution >= 0.6 is 0 Å². The second kappa shape index (κ2) is 32.7. The standard InChI is InChI=1S/C63H90N12O13/c1-36(76)32-51(66-4)60(85)69-37(2)55(80)71-50(28-29-54(78)79)59(84)73-49(27-20-39-16-11-9-12-17-39)58(83)72-48(19-15-31-68-62(64)65)57(82)70-47(38(3)77)18-13-10-14-30-67-56(81)40-21-24-43-46(33-40)63(88-61(43)86)44-25-22-41(74(5)6)34-52(44)87-53-35-42(75(7)8)23-26-45(53)63/h9,11-13,16-18,20-27,33-37,47-51,55,57-60,66,69-73,76,80,82-85H,10,14-15,19,28-32H2,1-8H3,(H,67,81)(H,78,79)(H4,64,65,68)/t36?,37-,47?,48?,49?,50?,51?,55?,57?,58?,59?,60?/m1/s1. The van der Waals surface area contributed by atoms with Crippen LogP contribution in [0.3, 0.4) is 0 Å². The number of nitrogens with one attached hydrogen (secondary N) is 9. The summed E-state index contributed by atoms with van der Waals surface area (Å²) >= 11 is 0. The molecule has 2 aliphatic rings. The third kappa shape index (κ3) is 18.8. The number of aliphatic hydroxyl groups excluding tert-OH is 6. The number of carboxylic acids is 1. The Morgan fingerprint density at radius 1 is 0.693 bits per heavy atom. The Hall–Kier alpha value is -7.37. The number of ether oxygens (including phenoxy) is 2. The van der Waals surface area contributed by atoms with Crippen molar-refractivity contribution in [1.82, 2.24) is 42.5 Å². The number of carboxylic acid groups (broad SMARTS) is 1. The average molecular weight is 1220 g/mol. The fourth-order valence-corrected chi connectivity index (χ4v) is 10.5. The molecule has 1 amide bonds. The molecule has 0 saturated heterocycles. The molecular formula is C63H90N12O13. The molecular weight excluding hydrogens is 1130 g/mol. The normalized spacial score (nSPS) is 17.4. The molecule has 4 aromatic carbocycles. The molecule has 12 atom stereocenters. The highest BCUT2D eigenvalue weighted by Crippen LogP contribution is 2.57. The van der Waals surface area contributed by atoms with Crippen LogP contribution in [0.15, 0.2) is 103 Å². The van der Waals surface area contributed by atoms with Crippen molar-refractivity contribution in [2.45, 2.75) is 145 Å². The summed E-state index contributed by atoms with van der Waals surface area (Å²) in [6, 6.07) is 19.5. The van der Waals surface area contributed by atoms with Crippen molar-refractivity contribution >= 4 is 47.0 Å². The molecule has 0 bridgehead atoms. The first-order valence-electron chi connectivity index (χ1n) is 29.6. The maximum absolute atomic E-state index is 13.9. The Balaban J connectivity index is 1.13. The zero-order valence-corrected chi connectivity index (χ0v) is 51.2. The van der Waals surface area contributed by atoms with Gasteiger partial charge in [-0.2, -0.15) is 0 Å². The lowest BCUT2D eigenvalue weighted by Crippen LogP contribution is -2.63. The maximum atomic E-state index is 13.9. The van der Waals surface area contributed by atoms with Crippen LogP contribution in [-0.4, -0.2) is 187 Å². The molecule has 2 heterocycles. The largest absolute Gasteiger partial charge is 0.481 e. The second-order valence-electron chi connectivity index (χ2n) is 22.7. The van der Waals surface area contributed by atoms with E-state index in [-0.39, 0.29) is 50.0 Å². The number of fused-ring (bicyclic) bond motifs is 6. The van der Waals surface area contributed by atoms with E-state index in [1.807, 2.05) is 92.6 Å². The summed E-state index contributed by atoms with van der Waals surface area (Å²) in [7, 11) is 9.28. The summed E-state index contributed by atoms with van der Waals surface area (Å²) in [6.45, 7) is 4.93. The van der Waals surface area contributed by atoms with Gasteiger partial charge in [-0.15, -0.1) is 0 Å². The van der Waals surface area contributed by atoms with Crippen molar-refractivity contribution in [1.29, 1.82) is 5.41 Å². The third-order valence-corrected chi connectivity index (χ3v) is 15.5. The van der Waals surface area contributed by atoms with Crippen molar-refractivity contribution in [2.24, 2.45) is 5.73 Å². The monoisotopic (exact) mass is 1220 g/mol. The fraction of sp³-hybridized carbons (Fsp3) is 0.476. The molecule has 2 aliphatic heterocycles. The number of aliphatic carboxylic acids is 1. The van der Waals surface area contributed by atoms with E-state index in [1.54, 1.807) is 75.5 Å². The van der Waals surface area contributed by atoms with Crippen LogP contribution in [0.4, 0.5) is 11.4 Å². The van der Waals surface area contributed by atoms with Gasteiger partial charge in [0.05, 0.1) is 23.8 Å². The number of likely N-dealkylation sites (N-methyl/N-ethyl adjacent to an activating group) is 1. The number of carbonyl (C=O) groups excluding carboxylic acids is 3. The summed E-state index contributed by atoms with van der Waals surface area (Å²) in [4.78, 5) is 56.5. The summed E-state index contributed by atoms with van der Waals surface area (Å²) < 4.78 is 12.9. The molecule has 1 spiro atoms. The minimum atomic E-state index is -1.63. The maximum Gasteiger partial charge on any atom is 0.340 e. The van der Waals surface area contributed by atoms with Crippen LogP contribution in [0.25, 0.3) is 6.08 Å². The SMILES string of the molecule is CNC(CC(C)O)C(O)N[C@H](C)C(O)NC(CCC(=O)O)C(O)NC(C=Cc1ccccc1)C(O)NC(CCCNC(=N)N)C(O)NC(C=CCCCNC(=O)c1ccc2c(c1)C1(OC2=O)c2ccc(N(C)C)cc2Oc2cc(N(C)C)ccc21)C(C)=O. The van der Waals surface area contributed by atoms with Gasteiger partial charge in [-0.25, -0.2) is 4.79 Å². The van der Waals surface area contributed by atoms with E-state index in [2.05, 4.69) is 42.5 Å². The van der Waals surface area contributed by atoms with Gasteiger partial charge >= 0.3 is 11.9 Å². The number of guanidine groups is 1. The second-order valence-corrected chi connectivity index (χ2v) is 22.7. The number of nitrogens with zero attached hydrogens (tertiary/aromatic N) is 2. The summed E-state index contributed by atoms with van der Waals surface area (Å²) in [5.41, 5.74) is 8.97. The first-order chi connectivity index (χ1) is 41.8. The van der Waals surface area contributed by atoms with Gasteiger partial charge in [-0.1, -0.05) is 54.6 Å². The van der Waals surface area contributed by atoms with Gasteiger partial charge in [0.2, 0.25) is 0 Å². The molecule has 0 aliphatic carbocycles. The molecule has 88 heavy (non-hydrogen) atoms. The Morgan fingerprint density at radius 3 is 1.89 bits per heavy atom. The minimum Gasteiger partial charge on any atom is -0.481 e. The number of unbranched alkanes of at least 4 members (excludes halogenated alkanes) is 1. The summed E-state index contributed by atoms with van der Waals surface area (Å²) in [5, 5.41) is 108. The van der Waals surface area contributed by atoms with Crippen LogP contribution in [0.5, 0.6) is 11.5 Å². The lowest BCUT2D eigenvalue weighted by atomic mass is 9.77. The topological polar surface area (TPSA) is 381 Å². The van der Waals surface area contributed by atoms with E-state index in [4.69, 9.17) is 20.6 Å². The number of amides is 1. The third-order valence-electron chi connectivity index (χ3n) is 15.5. The zero-order valence-electron chi connectivity index (χ0n) is 51.2. The molecule has 18 N–H and O–H groups in total. The number of hydrogen-bond donors (Lipinski definition) is 17. The number of carbonyl (C=O) groups is 4. The molecule has 0 aromatic heterocycles. The van der Waals surface area contributed by atoms with Crippen molar-refractivity contribution in [3.05, 3.63) is 137 Å². The van der Waals surface area contributed by atoms with E-state index < -0.39 is 97.5 Å². The lowest BCUT2D eigenvalue weighted by Gasteiger charge is -2.37. The van der Waals surface area contributed by atoms with Gasteiger partial charge in [-0.3, -0.25) is 46.4 Å². The van der Waals surface area contributed by atoms with Crippen LogP contribution in [0.1, 0.15) is 109 Å². The number of Topliss-reactive ketones (excluding diaryl/α,β-unsaturated/α-hetero) is 1. The Bertz CT molecular complexity index is 2980. The van der Waals surface area contributed by atoms with Gasteiger partial charge in [0, 0.05) is 118 Å². The zero-order chi connectivity index (χ0) is 64.4. The molecule has 480 valence electrons. The Labute approximate surface area is 514 Å². The van der Waals surface area contributed by atoms with Crippen molar-refractivity contribution in [3.63, 3.8) is 0 Å². The number of anilines is 2. The van der Waals surface area contributed by atoms with Gasteiger partial charge in [0.15, 0.2) is 17.3 Å². The highest BCUT2D eigenvalue weighted by molar-refractivity contribution is 6.00. The molecule has 4 aromatic rings. The fourth-order valence-electron chi connectivity index (χ4n) is 10.5. The van der Waals surface area contributed by atoms with E-state index >= 15 is 0 Å². The Kier molecular flexibility index (Phi) is 25.9. The predicted octanol–water partition coefficient (Wildman–Crippen LogP) is 1.65. The molecule has 0 saturated carbocycles. The molecule has 0 fully saturated rings. The smallest absolute Gasteiger partial charge is 0.340 e. The first kappa shape index (κ1) is 69.7. The number of aliphatic hydroxyl groups is 6.